The third kappa shape index (κ3) is 3.07. The van der Waals surface area contributed by atoms with Crippen LogP contribution in [0.2, 0.25) is 0 Å². The second-order valence-electron chi connectivity index (χ2n) is 5.81. The fourth-order valence-corrected chi connectivity index (χ4v) is 3.47. The Morgan fingerprint density at radius 3 is 1.84 bits per heavy atom. The van der Waals surface area contributed by atoms with E-state index >= 15 is 0 Å². The summed E-state index contributed by atoms with van der Waals surface area (Å²) in [6, 6.07) is 0.990. The van der Waals surface area contributed by atoms with Crippen molar-refractivity contribution < 1.29 is 31.9 Å². The van der Waals surface area contributed by atoms with Crippen LogP contribution < -0.4 is 5.14 Å². The summed E-state index contributed by atoms with van der Waals surface area (Å²) in [5, 5.41) is 13.8. The average Bonchev–Trinajstić information content (AvgIpc) is 3.03. The Balaban J connectivity index is 1.81. The van der Waals surface area contributed by atoms with E-state index in [1.165, 1.54) is 9.80 Å². The molecule has 0 saturated heterocycles. The highest BCUT2D eigenvalue weighted by Gasteiger charge is 2.36. The number of amides is 2. The predicted octanol–water partition coefficient (Wildman–Crippen LogP) is 0.358. The van der Waals surface area contributed by atoms with Crippen LogP contribution in [0.25, 0.3) is 0 Å². The number of carboxylic acid groups (broad SMARTS) is 1. The highest BCUT2D eigenvalue weighted by Crippen LogP contribution is 2.28. The van der Waals surface area contributed by atoms with Crippen LogP contribution in [-0.4, -0.2) is 61.5 Å². The summed E-state index contributed by atoms with van der Waals surface area (Å²) in [6.45, 7) is 0.412. The Morgan fingerprint density at radius 1 is 1.00 bits per heavy atom. The van der Waals surface area contributed by atoms with Gasteiger partial charge in [-0.2, -0.15) is 0 Å². The Bertz CT molecular complexity index is 887. The van der Waals surface area contributed by atoms with Gasteiger partial charge in [0.05, 0.1) is 4.90 Å². The standard InChI is InChI=1S/C14H13F2N3O5S/c15-10-1-9(25(17,23)24)2-11(16)12(10)13(20)18-3-7-5-19(14(21)22)6-8(7)4-18/h1-2H,3-6H2,(H,21,22)(H2,17,23,24). The molecule has 0 spiro atoms. The van der Waals surface area contributed by atoms with Gasteiger partial charge in [0, 0.05) is 26.2 Å². The molecule has 11 heteroatoms. The largest absolute Gasteiger partial charge is 0.465 e. The molecular formula is C14H13F2N3O5S. The molecule has 25 heavy (non-hydrogen) atoms. The van der Waals surface area contributed by atoms with Crippen molar-refractivity contribution in [1.82, 2.24) is 9.80 Å². The predicted molar refractivity (Wildman–Crippen MR) is 80.3 cm³/mol. The molecule has 3 rings (SSSR count). The van der Waals surface area contributed by atoms with Gasteiger partial charge in [0.25, 0.3) is 5.91 Å². The van der Waals surface area contributed by atoms with E-state index in [-0.39, 0.29) is 26.2 Å². The fraction of sp³-hybridized carbons (Fsp3) is 0.286. The Labute approximate surface area is 141 Å². The Hall–Kier alpha value is -2.53. The molecule has 0 unspecified atom stereocenters. The lowest BCUT2D eigenvalue weighted by atomic mass is 10.1. The van der Waals surface area contributed by atoms with Gasteiger partial charge in [-0.15, -0.1) is 0 Å². The molecule has 0 saturated carbocycles. The van der Waals surface area contributed by atoms with Crippen LogP contribution in [0.3, 0.4) is 0 Å². The first-order valence-electron chi connectivity index (χ1n) is 7.06. The van der Waals surface area contributed by atoms with Gasteiger partial charge in [-0.3, -0.25) is 4.79 Å². The third-order valence-electron chi connectivity index (χ3n) is 4.14. The molecule has 0 atom stereocenters. The van der Waals surface area contributed by atoms with Crippen molar-refractivity contribution in [2.45, 2.75) is 4.90 Å². The first-order chi connectivity index (χ1) is 11.6. The van der Waals surface area contributed by atoms with E-state index in [9.17, 15) is 26.8 Å². The van der Waals surface area contributed by atoms with E-state index in [1.54, 1.807) is 0 Å². The topological polar surface area (TPSA) is 121 Å². The van der Waals surface area contributed by atoms with Crippen LogP contribution in [0.1, 0.15) is 10.4 Å². The van der Waals surface area contributed by atoms with E-state index in [0.29, 0.717) is 12.1 Å². The van der Waals surface area contributed by atoms with Crippen molar-refractivity contribution in [3.05, 3.63) is 40.5 Å². The number of halogens is 2. The molecular weight excluding hydrogens is 360 g/mol. The normalized spacial score (nSPS) is 17.2. The maximum Gasteiger partial charge on any atom is 0.407 e. The fourth-order valence-electron chi connectivity index (χ4n) is 2.94. The summed E-state index contributed by atoms with van der Waals surface area (Å²) in [5.41, 5.74) is 0.569. The van der Waals surface area contributed by atoms with Crippen molar-refractivity contribution in [2.75, 3.05) is 26.2 Å². The van der Waals surface area contributed by atoms with Crippen LogP contribution in [0, 0.1) is 11.6 Å². The molecule has 2 aliphatic heterocycles. The first kappa shape index (κ1) is 17.3. The second-order valence-corrected chi connectivity index (χ2v) is 7.38. The lowest BCUT2D eigenvalue weighted by Crippen LogP contribution is -2.36. The maximum absolute atomic E-state index is 14.1. The highest BCUT2D eigenvalue weighted by molar-refractivity contribution is 7.89. The molecule has 1 aromatic carbocycles. The molecule has 0 radical (unpaired) electrons. The zero-order valence-electron chi connectivity index (χ0n) is 12.7. The number of carbonyl (C=O) groups is 2. The van der Waals surface area contributed by atoms with Gasteiger partial charge in [-0.05, 0) is 23.3 Å². The smallest absolute Gasteiger partial charge is 0.407 e. The van der Waals surface area contributed by atoms with Crippen LogP contribution in [0.4, 0.5) is 13.6 Å². The molecule has 2 amide bonds. The Kier molecular flexibility index (Phi) is 4.00. The lowest BCUT2D eigenvalue weighted by Gasteiger charge is -2.22. The third-order valence-corrected chi connectivity index (χ3v) is 5.04. The summed E-state index contributed by atoms with van der Waals surface area (Å²) >= 11 is 0. The molecule has 2 heterocycles. The van der Waals surface area contributed by atoms with Gasteiger partial charge >= 0.3 is 6.09 Å². The summed E-state index contributed by atoms with van der Waals surface area (Å²) in [7, 11) is -4.31. The SMILES string of the molecule is NS(=O)(=O)c1cc(F)c(C(=O)N2CC3=C(CN(C(=O)O)C3)C2)c(F)c1. The zero-order chi connectivity index (χ0) is 18.5. The number of sulfonamides is 1. The molecule has 0 aliphatic carbocycles. The Morgan fingerprint density at radius 2 is 1.44 bits per heavy atom. The number of nitrogens with zero attached hydrogens (tertiary/aromatic N) is 2. The van der Waals surface area contributed by atoms with E-state index < -0.39 is 44.1 Å². The van der Waals surface area contributed by atoms with E-state index in [1.807, 2.05) is 0 Å². The quantitative estimate of drug-likeness (QED) is 0.725. The van der Waals surface area contributed by atoms with E-state index in [4.69, 9.17) is 10.2 Å². The molecule has 8 nitrogen and oxygen atoms in total. The monoisotopic (exact) mass is 373 g/mol. The molecule has 2 aliphatic rings. The van der Waals surface area contributed by atoms with E-state index in [0.717, 1.165) is 11.1 Å². The highest BCUT2D eigenvalue weighted by atomic mass is 32.2. The summed E-state index contributed by atoms with van der Waals surface area (Å²) in [5.74, 6) is -3.59. The minimum Gasteiger partial charge on any atom is -0.465 e. The van der Waals surface area contributed by atoms with Crippen molar-refractivity contribution in [3.8, 4) is 0 Å². The number of benzene rings is 1. The minimum atomic E-state index is -4.31. The van der Waals surface area contributed by atoms with Crippen molar-refractivity contribution >= 4 is 22.0 Å². The van der Waals surface area contributed by atoms with Crippen LogP contribution in [-0.2, 0) is 10.0 Å². The molecule has 1 aromatic rings. The second kappa shape index (κ2) is 5.77. The van der Waals surface area contributed by atoms with E-state index in [2.05, 4.69) is 0 Å². The first-order valence-corrected chi connectivity index (χ1v) is 8.61. The van der Waals surface area contributed by atoms with Crippen LogP contribution in [0.15, 0.2) is 28.2 Å². The van der Waals surface area contributed by atoms with Crippen LogP contribution >= 0.6 is 0 Å². The molecule has 0 aromatic heterocycles. The summed E-state index contributed by atoms with van der Waals surface area (Å²) in [6.07, 6.45) is -1.08. The van der Waals surface area contributed by atoms with Gasteiger partial charge in [-0.25, -0.2) is 27.1 Å². The number of nitrogens with two attached hydrogens (primary N) is 1. The van der Waals surface area contributed by atoms with Gasteiger partial charge in [0.1, 0.15) is 17.2 Å². The summed E-state index contributed by atoms with van der Waals surface area (Å²) < 4.78 is 50.6. The molecule has 3 N–H and O–H groups in total. The number of hydrogen-bond donors (Lipinski definition) is 2. The number of rotatable bonds is 2. The van der Waals surface area contributed by atoms with Crippen LogP contribution in [0.5, 0.6) is 0 Å². The van der Waals surface area contributed by atoms with Crippen molar-refractivity contribution in [1.29, 1.82) is 0 Å². The molecule has 0 bridgehead atoms. The number of carbonyl (C=O) groups excluding carboxylic acids is 1. The van der Waals surface area contributed by atoms with Gasteiger partial charge in [-0.1, -0.05) is 0 Å². The van der Waals surface area contributed by atoms with Gasteiger partial charge in [0.2, 0.25) is 10.0 Å². The number of primary sulfonamides is 1. The molecule has 0 fully saturated rings. The van der Waals surface area contributed by atoms with Crippen molar-refractivity contribution in [2.24, 2.45) is 5.14 Å². The zero-order valence-corrected chi connectivity index (χ0v) is 13.5. The van der Waals surface area contributed by atoms with Gasteiger partial charge < -0.3 is 14.9 Å². The van der Waals surface area contributed by atoms with Gasteiger partial charge in [0.15, 0.2) is 0 Å². The lowest BCUT2D eigenvalue weighted by molar-refractivity contribution is 0.0780. The minimum absolute atomic E-state index is 0.0633. The average molecular weight is 373 g/mol. The summed E-state index contributed by atoms with van der Waals surface area (Å²) in [4.78, 5) is 24.9. The molecule has 134 valence electrons. The maximum atomic E-state index is 14.1. The number of hydrogen-bond acceptors (Lipinski definition) is 4. The van der Waals surface area contributed by atoms with Crippen molar-refractivity contribution in [3.63, 3.8) is 0 Å².